The van der Waals surface area contributed by atoms with E-state index in [1.54, 1.807) is 18.7 Å². The molecule has 3 aromatic rings. The highest BCUT2D eigenvalue weighted by molar-refractivity contribution is 5.70. The molecular weight excluding hydrogens is 382 g/mol. The van der Waals surface area contributed by atoms with E-state index >= 15 is 0 Å². The van der Waals surface area contributed by atoms with Crippen LogP contribution in [-0.2, 0) is 20.1 Å². The molecule has 8 nitrogen and oxygen atoms in total. The Bertz CT molecular complexity index is 1170. The minimum Gasteiger partial charge on any atom is -0.497 e. The number of aromatic amines is 1. The van der Waals surface area contributed by atoms with Gasteiger partial charge in [0.05, 0.1) is 20.2 Å². The number of ether oxygens (including phenoxy) is 1. The Morgan fingerprint density at radius 1 is 1.20 bits per heavy atom. The van der Waals surface area contributed by atoms with E-state index in [1.807, 2.05) is 28.8 Å². The first-order valence-electron chi connectivity index (χ1n) is 10.7. The summed E-state index contributed by atoms with van der Waals surface area (Å²) < 4.78 is 10.3. The first kappa shape index (κ1) is 20.3. The maximum Gasteiger partial charge on any atom is 0.364 e. The van der Waals surface area contributed by atoms with E-state index in [0.29, 0.717) is 17.7 Å². The Balaban J connectivity index is 1.83. The van der Waals surface area contributed by atoms with Crippen molar-refractivity contribution in [3.63, 3.8) is 0 Å². The van der Waals surface area contributed by atoms with Gasteiger partial charge in [-0.05, 0) is 18.6 Å². The second-order valence-electron chi connectivity index (χ2n) is 7.86. The topological polar surface area (TPSA) is 76.1 Å². The number of nitrogens with zero attached hydrogens (tertiary/aromatic N) is 4. The van der Waals surface area contributed by atoms with Crippen LogP contribution in [0.25, 0.3) is 11.2 Å². The zero-order valence-corrected chi connectivity index (χ0v) is 18.0. The second-order valence-corrected chi connectivity index (χ2v) is 7.86. The SMILES string of the molecule is CCCCCCn1c(=O)c2c([nH]c3[n+]2CCCN3c2cccc(OC)c2)n(C)c1=O. The van der Waals surface area contributed by atoms with E-state index in [2.05, 4.69) is 16.8 Å². The summed E-state index contributed by atoms with van der Waals surface area (Å²) in [5.41, 5.74) is 1.64. The van der Waals surface area contributed by atoms with Gasteiger partial charge in [-0.15, -0.1) is 0 Å². The van der Waals surface area contributed by atoms with Gasteiger partial charge in [-0.25, -0.2) is 19.2 Å². The number of hydrogen-bond donors (Lipinski definition) is 1. The van der Waals surface area contributed by atoms with Gasteiger partial charge in [0.2, 0.25) is 11.2 Å². The number of H-pyrrole nitrogens is 1. The van der Waals surface area contributed by atoms with Crippen LogP contribution in [-0.4, -0.2) is 27.8 Å². The smallest absolute Gasteiger partial charge is 0.364 e. The molecule has 1 aliphatic rings. The van der Waals surface area contributed by atoms with Crippen molar-refractivity contribution in [2.45, 2.75) is 52.1 Å². The molecule has 0 atom stereocenters. The molecule has 0 radical (unpaired) electrons. The lowest BCUT2D eigenvalue weighted by molar-refractivity contribution is -0.663. The van der Waals surface area contributed by atoms with Gasteiger partial charge in [-0.1, -0.05) is 32.3 Å². The Morgan fingerprint density at radius 2 is 2.03 bits per heavy atom. The molecule has 8 heteroatoms. The van der Waals surface area contributed by atoms with Crippen molar-refractivity contribution in [3.05, 3.63) is 45.1 Å². The Morgan fingerprint density at radius 3 is 2.80 bits per heavy atom. The Hall–Kier alpha value is -3.03. The molecule has 0 saturated heterocycles. The third kappa shape index (κ3) is 3.40. The number of fused-ring (bicyclic) bond motifs is 3. The van der Waals surface area contributed by atoms with Gasteiger partial charge in [0, 0.05) is 26.1 Å². The predicted octanol–water partition coefficient (Wildman–Crippen LogP) is 2.45. The van der Waals surface area contributed by atoms with Crippen molar-refractivity contribution in [2.24, 2.45) is 7.05 Å². The van der Waals surface area contributed by atoms with E-state index < -0.39 is 0 Å². The molecule has 0 amide bonds. The zero-order chi connectivity index (χ0) is 21.3. The summed E-state index contributed by atoms with van der Waals surface area (Å²) in [6, 6.07) is 7.86. The second kappa shape index (κ2) is 8.38. The molecule has 0 unspecified atom stereocenters. The van der Waals surface area contributed by atoms with E-state index in [9.17, 15) is 9.59 Å². The highest BCUT2D eigenvalue weighted by atomic mass is 16.5. The van der Waals surface area contributed by atoms with Crippen molar-refractivity contribution in [3.8, 4) is 5.75 Å². The van der Waals surface area contributed by atoms with Crippen molar-refractivity contribution in [1.82, 2.24) is 14.1 Å². The van der Waals surface area contributed by atoms with Gasteiger partial charge in [0.25, 0.3) is 5.56 Å². The zero-order valence-electron chi connectivity index (χ0n) is 18.0. The highest BCUT2D eigenvalue weighted by Crippen LogP contribution is 2.28. The van der Waals surface area contributed by atoms with Crippen molar-refractivity contribution in [1.29, 1.82) is 0 Å². The minimum absolute atomic E-state index is 0.209. The number of anilines is 2. The third-order valence-electron chi connectivity index (χ3n) is 5.90. The number of benzene rings is 1. The summed E-state index contributed by atoms with van der Waals surface area (Å²) in [5.74, 6) is 1.60. The fourth-order valence-electron chi connectivity index (χ4n) is 4.26. The molecule has 1 aliphatic heterocycles. The van der Waals surface area contributed by atoms with Gasteiger partial charge >= 0.3 is 11.6 Å². The fourth-order valence-corrected chi connectivity index (χ4v) is 4.26. The van der Waals surface area contributed by atoms with Gasteiger partial charge in [0.15, 0.2) is 0 Å². The minimum atomic E-state index is -0.267. The lowest BCUT2D eigenvalue weighted by atomic mass is 10.2. The Kier molecular flexibility index (Phi) is 5.65. The lowest BCUT2D eigenvalue weighted by Gasteiger charge is -2.22. The van der Waals surface area contributed by atoms with Gasteiger partial charge in [-0.3, -0.25) is 13.9 Å². The molecule has 2 aromatic heterocycles. The van der Waals surface area contributed by atoms with Crippen LogP contribution < -0.4 is 25.5 Å². The lowest BCUT2D eigenvalue weighted by Crippen LogP contribution is -2.49. The third-order valence-corrected chi connectivity index (χ3v) is 5.90. The molecular formula is C22H30N5O3+. The van der Waals surface area contributed by atoms with E-state index in [-0.39, 0.29) is 11.2 Å². The van der Waals surface area contributed by atoms with Crippen LogP contribution in [0.3, 0.4) is 0 Å². The number of imidazole rings is 1. The largest absolute Gasteiger partial charge is 0.497 e. The van der Waals surface area contributed by atoms with Crippen LogP contribution in [0.5, 0.6) is 5.75 Å². The predicted molar refractivity (Wildman–Crippen MR) is 117 cm³/mol. The number of unbranched alkanes of at least 4 members (excludes halogenated alkanes) is 3. The van der Waals surface area contributed by atoms with E-state index in [1.165, 1.54) is 4.57 Å². The van der Waals surface area contributed by atoms with Crippen LogP contribution in [0.1, 0.15) is 39.0 Å². The number of methoxy groups -OCH3 is 1. The summed E-state index contributed by atoms with van der Waals surface area (Å²) in [5, 5.41) is 0. The average molecular weight is 413 g/mol. The van der Waals surface area contributed by atoms with Crippen LogP contribution in [0.2, 0.25) is 0 Å². The average Bonchev–Trinajstić information content (AvgIpc) is 3.17. The molecule has 3 heterocycles. The first-order valence-corrected chi connectivity index (χ1v) is 10.7. The molecule has 30 heavy (non-hydrogen) atoms. The summed E-state index contributed by atoms with van der Waals surface area (Å²) in [6.07, 6.45) is 4.99. The highest BCUT2D eigenvalue weighted by Gasteiger charge is 2.33. The monoisotopic (exact) mass is 412 g/mol. The quantitative estimate of drug-likeness (QED) is 0.478. The molecule has 0 bridgehead atoms. The number of nitrogens with one attached hydrogen (secondary N) is 1. The van der Waals surface area contributed by atoms with Crippen molar-refractivity contribution in [2.75, 3.05) is 18.6 Å². The molecule has 0 saturated carbocycles. The van der Waals surface area contributed by atoms with E-state index in [0.717, 1.165) is 62.6 Å². The standard InChI is InChI=1S/C22H29N5O3/c1-4-5-6-7-12-27-20(28)18-19(24(2)22(27)29)23-21-25(13-9-14-26(18)21)16-10-8-11-17(15-16)30-3/h8,10-11,15H,4-7,9,12-14H2,1-3H3/p+1. The number of aromatic nitrogens is 4. The van der Waals surface area contributed by atoms with Gasteiger partial charge in [0.1, 0.15) is 11.4 Å². The maximum atomic E-state index is 13.3. The molecule has 0 aliphatic carbocycles. The number of aryl methyl sites for hydroxylation is 2. The molecule has 1 N–H and O–H groups in total. The van der Waals surface area contributed by atoms with Crippen molar-refractivity contribution < 1.29 is 9.30 Å². The molecule has 0 fully saturated rings. The fraction of sp³-hybridized carbons (Fsp3) is 0.500. The van der Waals surface area contributed by atoms with Gasteiger partial charge < -0.3 is 4.74 Å². The maximum absolute atomic E-state index is 13.3. The van der Waals surface area contributed by atoms with Crippen LogP contribution in [0, 0.1) is 0 Å². The first-order chi connectivity index (χ1) is 14.6. The summed E-state index contributed by atoms with van der Waals surface area (Å²) in [4.78, 5) is 31.7. The van der Waals surface area contributed by atoms with Gasteiger partial charge in [-0.2, -0.15) is 0 Å². The summed E-state index contributed by atoms with van der Waals surface area (Å²) in [6.45, 7) is 4.16. The molecule has 160 valence electrons. The van der Waals surface area contributed by atoms with Crippen molar-refractivity contribution >= 4 is 22.8 Å². The van der Waals surface area contributed by atoms with Crippen LogP contribution in [0.4, 0.5) is 11.6 Å². The molecule has 4 rings (SSSR count). The normalized spacial score (nSPS) is 13.6. The Labute approximate surface area is 175 Å². The van der Waals surface area contributed by atoms with E-state index in [4.69, 9.17) is 4.74 Å². The van der Waals surface area contributed by atoms with Crippen LogP contribution in [0.15, 0.2) is 33.9 Å². The summed E-state index contributed by atoms with van der Waals surface area (Å²) >= 11 is 0. The number of hydrogen-bond acceptors (Lipinski definition) is 4. The number of rotatable bonds is 7. The molecule has 0 spiro atoms. The molecule has 1 aromatic carbocycles. The summed E-state index contributed by atoms with van der Waals surface area (Å²) in [7, 11) is 3.38. The van der Waals surface area contributed by atoms with Crippen LogP contribution >= 0.6 is 0 Å².